The van der Waals surface area contributed by atoms with E-state index >= 15 is 0 Å². The number of esters is 2. The third kappa shape index (κ3) is 7.04. The lowest BCUT2D eigenvalue weighted by atomic mass is 9.92. The highest BCUT2D eigenvalue weighted by Crippen LogP contribution is 2.29. The van der Waals surface area contributed by atoms with Crippen LogP contribution in [0.2, 0.25) is 0 Å². The summed E-state index contributed by atoms with van der Waals surface area (Å²) in [6, 6.07) is 11.3. The number of rotatable bonds is 11. The molecule has 0 bridgehead atoms. The number of carbonyl (C=O) groups excluding carboxylic acids is 3. The maximum atomic E-state index is 13.3. The van der Waals surface area contributed by atoms with Crippen LogP contribution in [0.4, 0.5) is 0 Å². The Bertz CT molecular complexity index is 1310. The van der Waals surface area contributed by atoms with E-state index in [1.54, 1.807) is 6.07 Å². The van der Waals surface area contributed by atoms with Crippen LogP contribution in [0.1, 0.15) is 46.1 Å². The molecule has 0 radical (unpaired) electrons. The van der Waals surface area contributed by atoms with Crippen molar-refractivity contribution in [3.8, 4) is 5.75 Å². The molecule has 0 aliphatic carbocycles. The van der Waals surface area contributed by atoms with Crippen LogP contribution >= 0.6 is 11.3 Å². The number of aryl methyl sites for hydroxylation is 1. The summed E-state index contributed by atoms with van der Waals surface area (Å²) in [4.78, 5) is 48.3. The van der Waals surface area contributed by atoms with Crippen molar-refractivity contribution in [2.75, 3.05) is 19.8 Å². The minimum atomic E-state index is -1.10. The highest BCUT2D eigenvalue weighted by Gasteiger charge is 2.34. The minimum Gasteiger partial charge on any atom is -0.494 e. The van der Waals surface area contributed by atoms with Gasteiger partial charge in [-0.15, -0.1) is 11.3 Å². The standard InChI is InChI=1S/C27H31NO7S/c1-5-12-33-21-7-9-25-23(14-21)26(32)22-13-20(6-8-24(22)36-25)10-11-27(28-17(2)29,15-34-18(3)30)16-35-19(4)31/h6-9,13-14H,5,10-12,15-16H2,1-4H3,(H,28,29). The van der Waals surface area contributed by atoms with Gasteiger partial charge in [-0.1, -0.05) is 13.0 Å². The summed E-state index contributed by atoms with van der Waals surface area (Å²) in [7, 11) is 0. The van der Waals surface area contributed by atoms with Gasteiger partial charge in [0.25, 0.3) is 0 Å². The van der Waals surface area contributed by atoms with Crippen molar-refractivity contribution in [1.29, 1.82) is 0 Å². The van der Waals surface area contributed by atoms with E-state index in [1.165, 1.54) is 32.1 Å². The van der Waals surface area contributed by atoms with Gasteiger partial charge in [-0.3, -0.25) is 19.2 Å². The van der Waals surface area contributed by atoms with Gasteiger partial charge in [0.05, 0.1) is 6.61 Å². The van der Waals surface area contributed by atoms with E-state index in [0.717, 1.165) is 21.4 Å². The van der Waals surface area contributed by atoms with Crippen LogP contribution in [-0.2, 0) is 30.3 Å². The van der Waals surface area contributed by atoms with E-state index in [2.05, 4.69) is 5.32 Å². The number of nitrogens with one attached hydrogen (secondary N) is 1. The zero-order chi connectivity index (χ0) is 26.3. The molecular weight excluding hydrogens is 482 g/mol. The molecule has 0 saturated heterocycles. The molecule has 0 saturated carbocycles. The van der Waals surface area contributed by atoms with Gasteiger partial charge < -0.3 is 19.5 Å². The second-order valence-corrected chi connectivity index (χ2v) is 9.87. The molecule has 1 amide bonds. The summed E-state index contributed by atoms with van der Waals surface area (Å²) in [5.41, 5.74) is -0.309. The average Bonchev–Trinajstić information content (AvgIpc) is 2.83. The lowest BCUT2D eigenvalue weighted by Crippen LogP contribution is -2.55. The van der Waals surface area contributed by atoms with Crippen molar-refractivity contribution >= 4 is 49.4 Å². The molecule has 1 aromatic heterocycles. The molecule has 3 aromatic rings. The number of hydrogen-bond acceptors (Lipinski definition) is 8. The molecule has 0 unspecified atom stereocenters. The first-order valence-corrected chi connectivity index (χ1v) is 12.6. The third-order valence-electron chi connectivity index (χ3n) is 5.61. The number of ether oxygens (including phenoxy) is 3. The Morgan fingerprint density at radius 3 is 2.11 bits per heavy atom. The van der Waals surface area contributed by atoms with Crippen LogP contribution in [0.15, 0.2) is 41.2 Å². The fourth-order valence-electron chi connectivity index (χ4n) is 3.91. The van der Waals surface area contributed by atoms with E-state index in [9.17, 15) is 19.2 Å². The van der Waals surface area contributed by atoms with Gasteiger partial charge in [-0.2, -0.15) is 0 Å². The Kier molecular flexibility index (Phi) is 9.03. The first kappa shape index (κ1) is 27.1. The monoisotopic (exact) mass is 513 g/mol. The molecule has 9 heteroatoms. The zero-order valence-electron chi connectivity index (χ0n) is 21.0. The molecule has 0 aliphatic heterocycles. The molecule has 8 nitrogen and oxygen atoms in total. The van der Waals surface area contributed by atoms with Gasteiger partial charge in [0, 0.05) is 40.9 Å². The Balaban J connectivity index is 1.93. The fraction of sp³-hybridized carbons (Fsp3) is 0.407. The van der Waals surface area contributed by atoms with Gasteiger partial charge in [0.2, 0.25) is 5.91 Å². The van der Waals surface area contributed by atoms with E-state index in [0.29, 0.717) is 36.0 Å². The summed E-state index contributed by atoms with van der Waals surface area (Å²) < 4.78 is 17.9. The second kappa shape index (κ2) is 12.0. The van der Waals surface area contributed by atoms with Crippen molar-refractivity contribution in [1.82, 2.24) is 5.32 Å². The normalized spacial score (nSPS) is 11.3. The number of hydrogen-bond donors (Lipinski definition) is 1. The largest absolute Gasteiger partial charge is 0.494 e. The van der Waals surface area contributed by atoms with E-state index in [1.807, 2.05) is 37.3 Å². The Labute approximate surface area is 213 Å². The summed E-state index contributed by atoms with van der Waals surface area (Å²) >= 11 is 1.53. The molecule has 0 spiro atoms. The molecule has 3 rings (SSSR count). The molecule has 1 N–H and O–H groups in total. The highest BCUT2D eigenvalue weighted by atomic mass is 32.1. The molecule has 2 aromatic carbocycles. The fourth-order valence-corrected chi connectivity index (χ4v) is 4.94. The predicted octanol–water partition coefficient (Wildman–Crippen LogP) is 4.14. The van der Waals surface area contributed by atoms with Crippen LogP contribution in [-0.4, -0.2) is 43.2 Å². The third-order valence-corrected chi connectivity index (χ3v) is 6.77. The van der Waals surface area contributed by atoms with Crippen LogP contribution < -0.4 is 15.5 Å². The molecular formula is C27H31NO7S. The zero-order valence-corrected chi connectivity index (χ0v) is 21.8. The Morgan fingerprint density at radius 1 is 0.917 bits per heavy atom. The summed E-state index contributed by atoms with van der Waals surface area (Å²) in [5.74, 6) is -0.695. The summed E-state index contributed by atoms with van der Waals surface area (Å²) in [6.07, 6.45) is 1.64. The van der Waals surface area contributed by atoms with Gasteiger partial charge in [-0.05, 0) is 55.2 Å². The van der Waals surface area contributed by atoms with Crippen molar-refractivity contribution in [2.24, 2.45) is 0 Å². The lowest BCUT2D eigenvalue weighted by Gasteiger charge is -2.33. The molecule has 0 aliphatic rings. The number of amides is 1. The van der Waals surface area contributed by atoms with Gasteiger partial charge >= 0.3 is 11.9 Å². The summed E-state index contributed by atoms with van der Waals surface area (Å²) in [5, 5.41) is 4.01. The van der Waals surface area contributed by atoms with Gasteiger partial charge in [0.1, 0.15) is 24.5 Å². The average molecular weight is 514 g/mol. The molecule has 192 valence electrons. The van der Waals surface area contributed by atoms with Crippen molar-refractivity contribution < 1.29 is 28.6 Å². The first-order valence-electron chi connectivity index (χ1n) is 11.8. The van der Waals surface area contributed by atoms with E-state index in [-0.39, 0.29) is 24.5 Å². The molecule has 36 heavy (non-hydrogen) atoms. The minimum absolute atomic E-state index is 0.0736. The maximum Gasteiger partial charge on any atom is 0.302 e. The lowest BCUT2D eigenvalue weighted by molar-refractivity contribution is -0.150. The van der Waals surface area contributed by atoms with Crippen LogP contribution in [0.25, 0.3) is 20.2 Å². The SMILES string of the molecule is CCCOc1ccc2sc3ccc(CCC(COC(C)=O)(COC(C)=O)NC(C)=O)cc3c(=O)c2c1. The van der Waals surface area contributed by atoms with E-state index in [4.69, 9.17) is 14.2 Å². The highest BCUT2D eigenvalue weighted by molar-refractivity contribution is 7.24. The van der Waals surface area contributed by atoms with Crippen molar-refractivity contribution in [3.63, 3.8) is 0 Å². The van der Waals surface area contributed by atoms with Crippen LogP contribution in [0.3, 0.4) is 0 Å². The molecule has 0 fully saturated rings. The smallest absolute Gasteiger partial charge is 0.302 e. The number of carbonyl (C=O) groups is 3. The van der Waals surface area contributed by atoms with Crippen molar-refractivity contribution in [2.45, 2.75) is 52.5 Å². The Morgan fingerprint density at radius 2 is 1.53 bits per heavy atom. The second-order valence-electron chi connectivity index (χ2n) is 8.79. The summed E-state index contributed by atoms with van der Waals surface area (Å²) in [6.45, 7) is 6.20. The number of benzene rings is 2. The predicted molar refractivity (Wildman–Crippen MR) is 140 cm³/mol. The first-order chi connectivity index (χ1) is 17.1. The molecule has 0 atom stereocenters. The quantitative estimate of drug-likeness (QED) is 0.303. The van der Waals surface area contributed by atoms with Crippen LogP contribution in [0, 0.1) is 0 Å². The topological polar surface area (TPSA) is 108 Å². The van der Waals surface area contributed by atoms with Gasteiger partial charge in [0.15, 0.2) is 5.43 Å². The maximum absolute atomic E-state index is 13.3. The van der Waals surface area contributed by atoms with Gasteiger partial charge in [-0.25, -0.2) is 0 Å². The van der Waals surface area contributed by atoms with E-state index < -0.39 is 17.5 Å². The molecule has 1 heterocycles. The number of fused-ring (bicyclic) bond motifs is 2. The van der Waals surface area contributed by atoms with Crippen molar-refractivity contribution in [3.05, 3.63) is 52.2 Å². The van der Waals surface area contributed by atoms with Crippen LogP contribution in [0.5, 0.6) is 5.75 Å². The Hall–Kier alpha value is -3.46.